The van der Waals surface area contributed by atoms with E-state index < -0.39 is 0 Å². The Morgan fingerprint density at radius 1 is 1.42 bits per heavy atom. The van der Waals surface area contributed by atoms with E-state index in [4.69, 9.17) is 4.52 Å². The molecule has 0 bridgehead atoms. The fraction of sp³-hybridized carbons (Fsp3) is 0.154. The van der Waals surface area contributed by atoms with Crippen molar-refractivity contribution >= 4 is 33.1 Å². The predicted octanol–water partition coefficient (Wildman–Crippen LogP) is 2.77. The molecular formula is C13H11N3O2S. The van der Waals surface area contributed by atoms with Gasteiger partial charge >= 0.3 is 0 Å². The summed E-state index contributed by atoms with van der Waals surface area (Å²) in [5.74, 6) is 0.426. The quantitative estimate of drug-likeness (QED) is 0.796. The van der Waals surface area contributed by atoms with Crippen molar-refractivity contribution in [1.82, 2.24) is 10.1 Å². The molecule has 0 saturated carbocycles. The highest BCUT2D eigenvalue weighted by Gasteiger charge is 2.09. The third kappa shape index (κ3) is 2.63. The van der Waals surface area contributed by atoms with E-state index in [0.717, 1.165) is 21.6 Å². The number of carbonyl (C=O) groups is 1. The maximum absolute atomic E-state index is 11.8. The van der Waals surface area contributed by atoms with Crippen LogP contribution in [0, 0.1) is 6.92 Å². The number of aromatic nitrogens is 2. The van der Waals surface area contributed by atoms with Gasteiger partial charge in [-0.25, -0.2) is 4.98 Å². The van der Waals surface area contributed by atoms with Crippen molar-refractivity contribution < 1.29 is 9.32 Å². The fourth-order valence-electron chi connectivity index (χ4n) is 1.80. The van der Waals surface area contributed by atoms with Crippen molar-refractivity contribution in [2.24, 2.45) is 0 Å². The molecule has 5 nitrogen and oxygen atoms in total. The lowest BCUT2D eigenvalue weighted by atomic mass is 10.2. The van der Waals surface area contributed by atoms with Crippen LogP contribution in [0.2, 0.25) is 0 Å². The van der Waals surface area contributed by atoms with E-state index >= 15 is 0 Å². The Morgan fingerprint density at radius 2 is 2.32 bits per heavy atom. The van der Waals surface area contributed by atoms with E-state index in [0.29, 0.717) is 5.76 Å². The van der Waals surface area contributed by atoms with Gasteiger partial charge in [-0.2, -0.15) is 0 Å². The highest BCUT2D eigenvalue weighted by molar-refractivity contribution is 7.16. The molecule has 19 heavy (non-hydrogen) atoms. The minimum absolute atomic E-state index is 0.134. The summed E-state index contributed by atoms with van der Waals surface area (Å²) >= 11 is 1.57. The van der Waals surface area contributed by atoms with Gasteiger partial charge in [0, 0.05) is 11.8 Å². The maximum Gasteiger partial charge on any atom is 0.232 e. The zero-order valence-electron chi connectivity index (χ0n) is 10.2. The SMILES string of the molecule is Cc1cc(CC(=O)Nc2ccc3scnc3c2)on1. The first-order chi connectivity index (χ1) is 9.20. The summed E-state index contributed by atoms with van der Waals surface area (Å²) in [6, 6.07) is 7.42. The second kappa shape index (κ2) is 4.81. The first-order valence-corrected chi connectivity index (χ1v) is 6.64. The van der Waals surface area contributed by atoms with Gasteiger partial charge in [0.25, 0.3) is 0 Å². The molecule has 0 atom stereocenters. The van der Waals surface area contributed by atoms with Gasteiger partial charge in [0.1, 0.15) is 5.76 Å². The van der Waals surface area contributed by atoms with Crippen LogP contribution in [0.5, 0.6) is 0 Å². The molecule has 0 fully saturated rings. The Bertz CT molecular complexity index is 732. The molecule has 1 amide bonds. The molecule has 3 rings (SSSR count). The molecule has 2 heterocycles. The Balaban J connectivity index is 1.71. The Hall–Kier alpha value is -2.21. The van der Waals surface area contributed by atoms with Gasteiger partial charge in [0.15, 0.2) is 0 Å². The lowest BCUT2D eigenvalue weighted by Gasteiger charge is -2.03. The van der Waals surface area contributed by atoms with E-state index in [9.17, 15) is 4.79 Å². The Kier molecular flexibility index (Phi) is 3.00. The van der Waals surface area contributed by atoms with Gasteiger partial charge in [-0.05, 0) is 25.1 Å². The summed E-state index contributed by atoms with van der Waals surface area (Å²) in [4.78, 5) is 16.1. The van der Waals surface area contributed by atoms with Gasteiger partial charge in [-0.15, -0.1) is 11.3 Å². The zero-order valence-corrected chi connectivity index (χ0v) is 11.0. The number of thiazole rings is 1. The van der Waals surface area contributed by atoms with E-state index in [-0.39, 0.29) is 12.3 Å². The van der Waals surface area contributed by atoms with Gasteiger partial charge in [-0.3, -0.25) is 4.79 Å². The van der Waals surface area contributed by atoms with E-state index in [2.05, 4.69) is 15.5 Å². The van der Waals surface area contributed by atoms with Crippen molar-refractivity contribution in [3.05, 3.63) is 41.2 Å². The predicted molar refractivity (Wildman–Crippen MR) is 73.2 cm³/mol. The van der Waals surface area contributed by atoms with Crippen LogP contribution in [0.1, 0.15) is 11.5 Å². The molecule has 0 aliphatic heterocycles. The summed E-state index contributed by atoms with van der Waals surface area (Å²) in [6.45, 7) is 1.82. The molecule has 0 aliphatic carbocycles. The largest absolute Gasteiger partial charge is 0.361 e. The normalized spacial score (nSPS) is 10.8. The van der Waals surface area contributed by atoms with Crippen LogP contribution in [0.4, 0.5) is 5.69 Å². The van der Waals surface area contributed by atoms with Crippen LogP contribution < -0.4 is 5.32 Å². The maximum atomic E-state index is 11.8. The van der Waals surface area contributed by atoms with Crippen molar-refractivity contribution in [3.63, 3.8) is 0 Å². The van der Waals surface area contributed by atoms with Crippen molar-refractivity contribution in [2.75, 3.05) is 5.32 Å². The monoisotopic (exact) mass is 273 g/mol. The van der Waals surface area contributed by atoms with Crippen LogP contribution in [0.15, 0.2) is 34.3 Å². The van der Waals surface area contributed by atoms with E-state index in [1.807, 2.05) is 25.1 Å². The van der Waals surface area contributed by atoms with E-state index in [1.165, 1.54) is 0 Å². The van der Waals surface area contributed by atoms with Gasteiger partial charge in [-0.1, -0.05) is 5.16 Å². The minimum Gasteiger partial charge on any atom is -0.361 e. The molecule has 96 valence electrons. The van der Waals surface area contributed by atoms with Crippen molar-refractivity contribution in [3.8, 4) is 0 Å². The Labute approximate surface area is 113 Å². The van der Waals surface area contributed by atoms with Crippen LogP contribution in [-0.4, -0.2) is 16.0 Å². The molecular weight excluding hydrogens is 262 g/mol. The number of amides is 1. The Morgan fingerprint density at radius 3 is 3.11 bits per heavy atom. The minimum atomic E-state index is -0.134. The molecule has 6 heteroatoms. The standard InChI is InChI=1S/C13H11N3O2S/c1-8-4-10(18-16-8)6-13(17)15-9-2-3-12-11(5-9)14-7-19-12/h2-5,7H,6H2,1H3,(H,15,17). The zero-order chi connectivity index (χ0) is 13.2. The third-order valence-corrected chi connectivity index (χ3v) is 3.44. The number of rotatable bonds is 3. The molecule has 0 unspecified atom stereocenters. The highest BCUT2D eigenvalue weighted by Crippen LogP contribution is 2.21. The number of hydrogen-bond donors (Lipinski definition) is 1. The summed E-state index contributed by atoms with van der Waals surface area (Å²) in [6.07, 6.45) is 0.177. The highest BCUT2D eigenvalue weighted by atomic mass is 32.1. The van der Waals surface area contributed by atoms with Crippen LogP contribution >= 0.6 is 11.3 Å². The topological polar surface area (TPSA) is 68.0 Å². The second-order valence-corrected chi connectivity index (χ2v) is 5.08. The number of anilines is 1. The number of hydrogen-bond acceptors (Lipinski definition) is 5. The number of carbonyl (C=O) groups excluding carboxylic acids is 1. The number of fused-ring (bicyclic) bond motifs is 1. The van der Waals surface area contributed by atoms with Gasteiger partial charge < -0.3 is 9.84 Å². The molecule has 0 saturated heterocycles. The number of nitrogens with zero attached hydrogens (tertiary/aromatic N) is 2. The van der Waals surface area contributed by atoms with Crippen LogP contribution in [-0.2, 0) is 11.2 Å². The molecule has 1 aromatic carbocycles. The van der Waals surface area contributed by atoms with Crippen molar-refractivity contribution in [1.29, 1.82) is 0 Å². The summed E-state index contributed by atoms with van der Waals surface area (Å²) < 4.78 is 6.11. The summed E-state index contributed by atoms with van der Waals surface area (Å²) in [5.41, 5.74) is 4.18. The second-order valence-electron chi connectivity index (χ2n) is 4.19. The lowest BCUT2D eigenvalue weighted by Crippen LogP contribution is -2.13. The van der Waals surface area contributed by atoms with E-state index in [1.54, 1.807) is 22.9 Å². The van der Waals surface area contributed by atoms with Gasteiger partial charge in [0.05, 0.1) is 27.8 Å². The number of benzene rings is 1. The summed E-state index contributed by atoms with van der Waals surface area (Å²) in [5, 5.41) is 6.57. The number of aryl methyl sites for hydroxylation is 1. The fourth-order valence-corrected chi connectivity index (χ4v) is 2.46. The lowest BCUT2D eigenvalue weighted by molar-refractivity contribution is -0.115. The molecule has 1 N–H and O–H groups in total. The molecule has 0 radical (unpaired) electrons. The smallest absolute Gasteiger partial charge is 0.232 e. The first-order valence-electron chi connectivity index (χ1n) is 5.76. The molecule has 3 aromatic rings. The number of nitrogens with one attached hydrogen (secondary N) is 1. The first kappa shape index (κ1) is 11.9. The average Bonchev–Trinajstić information content (AvgIpc) is 2.97. The molecule has 2 aromatic heterocycles. The van der Waals surface area contributed by atoms with Crippen molar-refractivity contribution in [2.45, 2.75) is 13.3 Å². The van der Waals surface area contributed by atoms with Gasteiger partial charge in [0.2, 0.25) is 5.91 Å². The average molecular weight is 273 g/mol. The molecule has 0 spiro atoms. The summed E-state index contributed by atoms with van der Waals surface area (Å²) in [7, 11) is 0. The third-order valence-electron chi connectivity index (χ3n) is 2.63. The van der Waals surface area contributed by atoms with Crippen LogP contribution in [0.3, 0.4) is 0 Å². The van der Waals surface area contributed by atoms with Crippen LogP contribution in [0.25, 0.3) is 10.2 Å². The molecule has 0 aliphatic rings.